The molecule has 0 radical (unpaired) electrons. The molecule has 3 heterocycles. The van der Waals surface area contributed by atoms with Gasteiger partial charge in [0.1, 0.15) is 6.54 Å². The van der Waals surface area contributed by atoms with Gasteiger partial charge < -0.3 is 10.2 Å². The molecule has 1 saturated heterocycles. The first-order valence-corrected chi connectivity index (χ1v) is 11.7. The summed E-state index contributed by atoms with van der Waals surface area (Å²) in [5.41, 5.74) is 4.80. The van der Waals surface area contributed by atoms with E-state index in [0.717, 1.165) is 54.0 Å². The first-order chi connectivity index (χ1) is 16.5. The summed E-state index contributed by atoms with van der Waals surface area (Å²) in [7, 11) is 0. The lowest BCUT2D eigenvalue weighted by Crippen LogP contribution is -2.46. The fraction of sp³-hybridized carbons (Fsp3) is 0.280. The molecule has 2 aromatic heterocycles. The van der Waals surface area contributed by atoms with Crippen LogP contribution >= 0.6 is 11.6 Å². The molecule has 1 fully saturated rings. The van der Waals surface area contributed by atoms with Crippen LogP contribution in [0.1, 0.15) is 11.3 Å². The van der Waals surface area contributed by atoms with Crippen molar-refractivity contribution in [1.82, 2.24) is 24.9 Å². The Hall–Kier alpha value is -3.49. The summed E-state index contributed by atoms with van der Waals surface area (Å²) in [6.45, 7) is 6.46. The molecule has 0 saturated carbocycles. The van der Waals surface area contributed by atoms with Gasteiger partial charge in [-0.25, -0.2) is 4.68 Å². The molecule has 1 amide bonds. The van der Waals surface area contributed by atoms with Gasteiger partial charge in [0.15, 0.2) is 0 Å². The van der Waals surface area contributed by atoms with Crippen LogP contribution in [-0.2, 0) is 17.9 Å². The molecular formula is C25H26ClN7O. The molecule has 0 bridgehead atoms. The van der Waals surface area contributed by atoms with Crippen molar-refractivity contribution in [1.29, 1.82) is 0 Å². The Morgan fingerprint density at radius 1 is 1.09 bits per heavy atom. The van der Waals surface area contributed by atoms with Crippen molar-refractivity contribution in [3.63, 3.8) is 0 Å². The number of amides is 1. The lowest BCUT2D eigenvalue weighted by Gasteiger charge is -2.36. The molecule has 0 unspecified atom stereocenters. The van der Waals surface area contributed by atoms with Gasteiger partial charge in [0.05, 0.1) is 17.4 Å². The van der Waals surface area contributed by atoms with E-state index in [9.17, 15) is 4.79 Å². The molecule has 0 atom stereocenters. The summed E-state index contributed by atoms with van der Waals surface area (Å²) in [6.07, 6.45) is 3.69. The van der Waals surface area contributed by atoms with Crippen LogP contribution in [0.25, 0.3) is 10.9 Å². The predicted octanol–water partition coefficient (Wildman–Crippen LogP) is 3.75. The molecule has 4 aromatic rings. The lowest BCUT2D eigenvalue weighted by molar-refractivity contribution is -0.116. The Balaban J connectivity index is 1.15. The Kier molecular flexibility index (Phi) is 6.42. The van der Waals surface area contributed by atoms with Crippen LogP contribution in [0.2, 0.25) is 5.02 Å². The highest BCUT2D eigenvalue weighted by atomic mass is 35.5. The third-order valence-corrected chi connectivity index (χ3v) is 6.33. The number of nitrogens with zero attached hydrogens (tertiary/aromatic N) is 6. The van der Waals surface area contributed by atoms with Gasteiger partial charge in [-0.1, -0.05) is 35.0 Å². The van der Waals surface area contributed by atoms with Gasteiger partial charge in [-0.3, -0.25) is 14.7 Å². The molecule has 8 nitrogen and oxygen atoms in total. The second-order valence-electron chi connectivity index (χ2n) is 8.53. The first kappa shape index (κ1) is 22.3. The molecular weight excluding hydrogens is 450 g/mol. The van der Waals surface area contributed by atoms with Crippen molar-refractivity contribution in [2.24, 2.45) is 0 Å². The monoisotopic (exact) mass is 475 g/mol. The van der Waals surface area contributed by atoms with Crippen molar-refractivity contribution in [3.05, 3.63) is 77.2 Å². The molecule has 34 heavy (non-hydrogen) atoms. The summed E-state index contributed by atoms with van der Waals surface area (Å²) in [5, 5.41) is 13.2. The van der Waals surface area contributed by atoms with Crippen molar-refractivity contribution in [2.75, 3.05) is 36.4 Å². The Morgan fingerprint density at radius 2 is 1.91 bits per heavy atom. The average molecular weight is 476 g/mol. The smallest absolute Gasteiger partial charge is 0.246 e. The lowest BCUT2D eigenvalue weighted by atomic mass is 10.1. The van der Waals surface area contributed by atoms with Crippen LogP contribution in [0.15, 0.2) is 60.9 Å². The van der Waals surface area contributed by atoms with Crippen LogP contribution in [0.4, 0.5) is 11.4 Å². The van der Waals surface area contributed by atoms with E-state index in [0.29, 0.717) is 11.6 Å². The highest BCUT2D eigenvalue weighted by Gasteiger charge is 2.20. The number of para-hydroxylation sites is 1. The van der Waals surface area contributed by atoms with E-state index in [-0.39, 0.29) is 12.5 Å². The number of aromatic nitrogens is 4. The summed E-state index contributed by atoms with van der Waals surface area (Å²) in [6, 6.07) is 15.6. The Morgan fingerprint density at radius 3 is 2.74 bits per heavy atom. The first-order valence-electron chi connectivity index (χ1n) is 11.3. The maximum absolute atomic E-state index is 12.4. The van der Waals surface area contributed by atoms with Crippen LogP contribution < -0.4 is 10.2 Å². The van der Waals surface area contributed by atoms with Gasteiger partial charge in [-0.05, 0) is 42.8 Å². The van der Waals surface area contributed by atoms with Crippen molar-refractivity contribution in [3.8, 4) is 0 Å². The molecule has 1 aliphatic rings. The number of benzene rings is 2. The van der Waals surface area contributed by atoms with Crippen LogP contribution in [0.5, 0.6) is 0 Å². The van der Waals surface area contributed by atoms with Gasteiger partial charge >= 0.3 is 0 Å². The van der Waals surface area contributed by atoms with E-state index in [1.807, 2.05) is 61.8 Å². The Bertz CT molecular complexity index is 1310. The number of carbonyl (C=O) groups excluding carboxylic acids is 1. The molecule has 174 valence electrons. The number of hydrogen-bond acceptors (Lipinski definition) is 6. The normalized spacial score (nSPS) is 14.5. The zero-order valence-corrected chi connectivity index (χ0v) is 19.7. The number of nitrogens with one attached hydrogen (secondary N) is 1. The van der Waals surface area contributed by atoms with E-state index in [4.69, 9.17) is 11.6 Å². The van der Waals surface area contributed by atoms with E-state index >= 15 is 0 Å². The fourth-order valence-corrected chi connectivity index (χ4v) is 4.46. The largest absolute Gasteiger partial charge is 0.368 e. The minimum Gasteiger partial charge on any atom is -0.368 e. The third kappa shape index (κ3) is 5.03. The molecule has 9 heteroatoms. The van der Waals surface area contributed by atoms with Gasteiger partial charge in [0, 0.05) is 60.7 Å². The SMILES string of the molecule is Cc1ccccc1NC(=O)Cn1cc(CN2CCN(c3ccnc4cc(Cl)ccc34)CC2)nn1. The number of halogens is 1. The maximum Gasteiger partial charge on any atom is 0.246 e. The zero-order chi connectivity index (χ0) is 23.5. The maximum atomic E-state index is 12.4. The van der Waals surface area contributed by atoms with Gasteiger partial charge in [-0.2, -0.15) is 0 Å². The number of fused-ring (bicyclic) bond motifs is 1. The Labute approximate surface area is 203 Å². The molecule has 5 rings (SSSR count). The van der Waals surface area contributed by atoms with Gasteiger partial charge in [0.2, 0.25) is 5.91 Å². The zero-order valence-electron chi connectivity index (χ0n) is 19.0. The number of carbonyl (C=O) groups is 1. The van der Waals surface area contributed by atoms with E-state index in [1.54, 1.807) is 4.68 Å². The standard InChI is InChI=1S/C25H26ClN7O/c1-18-4-2-3-5-22(18)28-25(34)17-33-16-20(29-30-33)15-31-10-12-32(13-11-31)24-8-9-27-23-14-19(26)6-7-21(23)24/h2-9,14,16H,10-13,15,17H2,1H3,(H,28,34). The van der Waals surface area contributed by atoms with Crippen molar-refractivity contribution >= 4 is 39.8 Å². The average Bonchev–Trinajstić information content (AvgIpc) is 3.27. The van der Waals surface area contributed by atoms with Crippen molar-refractivity contribution in [2.45, 2.75) is 20.0 Å². The quantitative estimate of drug-likeness (QED) is 0.457. The van der Waals surface area contributed by atoms with Gasteiger partial charge in [-0.15, -0.1) is 5.10 Å². The van der Waals surface area contributed by atoms with Crippen LogP contribution in [0, 0.1) is 6.92 Å². The van der Waals surface area contributed by atoms with Crippen molar-refractivity contribution < 1.29 is 4.79 Å². The van der Waals surface area contributed by atoms with Gasteiger partial charge in [0.25, 0.3) is 0 Å². The molecule has 1 N–H and O–H groups in total. The number of aryl methyl sites for hydroxylation is 1. The topological polar surface area (TPSA) is 79.2 Å². The summed E-state index contributed by atoms with van der Waals surface area (Å²) >= 11 is 6.13. The molecule has 0 spiro atoms. The minimum absolute atomic E-state index is 0.120. The summed E-state index contributed by atoms with van der Waals surface area (Å²) in [5.74, 6) is -0.120. The number of piperazine rings is 1. The number of pyridine rings is 1. The van der Waals surface area contributed by atoms with Crippen LogP contribution in [-0.4, -0.2) is 57.0 Å². The summed E-state index contributed by atoms with van der Waals surface area (Å²) in [4.78, 5) is 21.6. The number of anilines is 2. The number of rotatable bonds is 6. The third-order valence-electron chi connectivity index (χ3n) is 6.09. The molecule has 2 aromatic carbocycles. The molecule has 0 aliphatic carbocycles. The highest BCUT2D eigenvalue weighted by molar-refractivity contribution is 6.31. The second-order valence-corrected chi connectivity index (χ2v) is 8.96. The van der Waals surface area contributed by atoms with E-state index in [1.165, 1.54) is 5.69 Å². The predicted molar refractivity (Wildman–Crippen MR) is 134 cm³/mol. The fourth-order valence-electron chi connectivity index (χ4n) is 4.30. The second kappa shape index (κ2) is 9.79. The minimum atomic E-state index is -0.120. The highest BCUT2D eigenvalue weighted by Crippen LogP contribution is 2.28. The molecule has 1 aliphatic heterocycles. The van der Waals surface area contributed by atoms with E-state index < -0.39 is 0 Å². The summed E-state index contributed by atoms with van der Waals surface area (Å²) < 4.78 is 1.59. The number of hydrogen-bond donors (Lipinski definition) is 1. The van der Waals surface area contributed by atoms with Crippen LogP contribution in [0.3, 0.4) is 0 Å². The van der Waals surface area contributed by atoms with E-state index in [2.05, 4.69) is 36.5 Å².